The minimum atomic E-state index is -0.424. The van der Waals surface area contributed by atoms with Crippen molar-refractivity contribution in [1.29, 1.82) is 0 Å². The fourth-order valence-corrected chi connectivity index (χ4v) is 2.29. The SMILES string of the molecule is CCC(O)c1ccccc1Sc1ncn[nH]1. The summed E-state index contributed by atoms with van der Waals surface area (Å²) in [5, 5.41) is 17.2. The van der Waals surface area contributed by atoms with Crippen LogP contribution in [-0.2, 0) is 0 Å². The third kappa shape index (κ3) is 2.43. The topological polar surface area (TPSA) is 61.8 Å². The number of aliphatic hydroxyl groups excluding tert-OH is 1. The normalized spacial score (nSPS) is 12.6. The Bertz CT molecular complexity index is 444. The molecule has 1 atom stereocenters. The molecule has 0 radical (unpaired) electrons. The van der Waals surface area contributed by atoms with Gasteiger partial charge in [-0.2, -0.15) is 5.10 Å². The van der Waals surface area contributed by atoms with Crippen molar-refractivity contribution in [1.82, 2.24) is 15.2 Å². The first kappa shape index (κ1) is 11.2. The Balaban J connectivity index is 2.26. The Hall–Kier alpha value is -1.33. The third-order valence-corrected chi connectivity index (χ3v) is 3.25. The number of aromatic nitrogens is 3. The summed E-state index contributed by atoms with van der Waals surface area (Å²) < 4.78 is 0. The number of aromatic amines is 1. The average molecular weight is 235 g/mol. The van der Waals surface area contributed by atoms with Gasteiger partial charge >= 0.3 is 0 Å². The molecule has 0 aliphatic heterocycles. The van der Waals surface area contributed by atoms with E-state index in [2.05, 4.69) is 15.2 Å². The van der Waals surface area contributed by atoms with Gasteiger partial charge in [-0.1, -0.05) is 25.1 Å². The molecule has 1 aromatic carbocycles. The highest BCUT2D eigenvalue weighted by Gasteiger charge is 2.11. The van der Waals surface area contributed by atoms with E-state index in [1.54, 1.807) is 0 Å². The van der Waals surface area contributed by atoms with Crippen LogP contribution in [0.2, 0.25) is 0 Å². The molecule has 2 aromatic rings. The highest BCUT2D eigenvalue weighted by molar-refractivity contribution is 7.99. The van der Waals surface area contributed by atoms with E-state index in [0.29, 0.717) is 6.42 Å². The van der Waals surface area contributed by atoms with Crippen molar-refractivity contribution in [3.05, 3.63) is 36.2 Å². The van der Waals surface area contributed by atoms with E-state index < -0.39 is 6.10 Å². The summed E-state index contributed by atoms with van der Waals surface area (Å²) in [4.78, 5) is 5.06. The maximum Gasteiger partial charge on any atom is 0.188 e. The van der Waals surface area contributed by atoms with E-state index in [9.17, 15) is 5.11 Å². The van der Waals surface area contributed by atoms with E-state index in [1.807, 2.05) is 31.2 Å². The minimum Gasteiger partial charge on any atom is -0.388 e. The number of nitrogens with one attached hydrogen (secondary N) is 1. The molecule has 0 aliphatic rings. The van der Waals surface area contributed by atoms with Crippen LogP contribution in [0.3, 0.4) is 0 Å². The highest BCUT2D eigenvalue weighted by Crippen LogP contribution is 2.31. The Morgan fingerprint density at radius 2 is 2.25 bits per heavy atom. The van der Waals surface area contributed by atoms with Crippen molar-refractivity contribution in [3.8, 4) is 0 Å². The van der Waals surface area contributed by atoms with E-state index >= 15 is 0 Å². The first-order chi connectivity index (χ1) is 7.81. The lowest BCUT2D eigenvalue weighted by Gasteiger charge is -2.12. The monoisotopic (exact) mass is 235 g/mol. The Morgan fingerprint density at radius 3 is 2.94 bits per heavy atom. The molecular weight excluding hydrogens is 222 g/mol. The summed E-state index contributed by atoms with van der Waals surface area (Å²) in [5.41, 5.74) is 0.936. The van der Waals surface area contributed by atoms with E-state index in [1.165, 1.54) is 18.1 Å². The van der Waals surface area contributed by atoms with Gasteiger partial charge in [-0.25, -0.2) is 4.98 Å². The van der Waals surface area contributed by atoms with Crippen LogP contribution in [0.15, 0.2) is 40.6 Å². The van der Waals surface area contributed by atoms with Gasteiger partial charge in [-0.3, -0.25) is 5.10 Å². The van der Waals surface area contributed by atoms with Crippen LogP contribution >= 0.6 is 11.8 Å². The molecule has 2 N–H and O–H groups in total. The van der Waals surface area contributed by atoms with Gasteiger partial charge in [-0.05, 0) is 29.8 Å². The van der Waals surface area contributed by atoms with Crippen molar-refractivity contribution >= 4 is 11.8 Å². The van der Waals surface area contributed by atoms with Crippen LogP contribution in [0.4, 0.5) is 0 Å². The number of hydrogen-bond acceptors (Lipinski definition) is 4. The van der Waals surface area contributed by atoms with Crippen LogP contribution in [0.5, 0.6) is 0 Å². The summed E-state index contributed by atoms with van der Waals surface area (Å²) >= 11 is 1.48. The number of rotatable bonds is 4. The molecule has 1 aromatic heterocycles. The molecule has 4 nitrogen and oxygen atoms in total. The second-order valence-corrected chi connectivity index (χ2v) is 4.39. The quantitative estimate of drug-likeness (QED) is 0.854. The molecule has 0 saturated heterocycles. The smallest absolute Gasteiger partial charge is 0.188 e. The minimum absolute atomic E-state index is 0.424. The predicted octanol–water partition coefficient (Wildman–Crippen LogP) is 2.40. The number of hydrogen-bond donors (Lipinski definition) is 2. The standard InChI is InChI=1S/C11H13N3OS/c1-2-9(15)8-5-3-4-6-10(8)16-11-12-7-13-14-11/h3-7,9,15H,2H2,1H3,(H,12,13,14). The van der Waals surface area contributed by atoms with Gasteiger partial charge in [0.1, 0.15) is 6.33 Å². The largest absolute Gasteiger partial charge is 0.388 e. The van der Waals surface area contributed by atoms with Crippen LogP contribution in [0, 0.1) is 0 Å². The first-order valence-electron chi connectivity index (χ1n) is 5.11. The molecule has 16 heavy (non-hydrogen) atoms. The van der Waals surface area contributed by atoms with Gasteiger partial charge in [0.2, 0.25) is 0 Å². The van der Waals surface area contributed by atoms with Gasteiger partial charge in [0, 0.05) is 4.90 Å². The summed E-state index contributed by atoms with van der Waals surface area (Å²) in [6.07, 6.45) is 1.75. The van der Waals surface area contributed by atoms with Crippen LogP contribution < -0.4 is 0 Å². The van der Waals surface area contributed by atoms with Crippen molar-refractivity contribution < 1.29 is 5.11 Å². The summed E-state index contributed by atoms with van der Waals surface area (Å²) in [6.45, 7) is 1.96. The maximum absolute atomic E-state index is 9.88. The fourth-order valence-electron chi connectivity index (χ4n) is 1.42. The molecule has 0 fully saturated rings. The van der Waals surface area contributed by atoms with Crippen LogP contribution in [-0.4, -0.2) is 20.3 Å². The summed E-state index contributed by atoms with van der Waals surface area (Å²) in [5.74, 6) is 0. The maximum atomic E-state index is 9.88. The van der Waals surface area contributed by atoms with Gasteiger partial charge in [0.25, 0.3) is 0 Å². The lowest BCUT2D eigenvalue weighted by Crippen LogP contribution is -1.97. The zero-order chi connectivity index (χ0) is 11.4. The molecule has 5 heteroatoms. The molecule has 84 valence electrons. The van der Waals surface area contributed by atoms with Gasteiger partial charge in [0.05, 0.1) is 6.10 Å². The lowest BCUT2D eigenvalue weighted by molar-refractivity contribution is 0.171. The zero-order valence-corrected chi connectivity index (χ0v) is 9.74. The third-order valence-electron chi connectivity index (χ3n) is 2.26. The molecular formula is C11H13N3OS. The number of nitrogens with zero attached hydrogens (tertiary/aromatic N) is 2. The fraction of sp³-hybridized carbons (Fsp3) is 0.273. The lowest BCUT2D eigenvalue weighted by atomic mass is 10.1. The van der Waals surface area contributed by atoms with Gasteiger partial charge in [0.15, 0.2) is 5.16 Å². The average Bonchev–Trinajstić information content (AvgIpc) is 2.82. The predicted molar refractivity (Wildman–Crippen MR) is 62.2 cm³/mol. The Labute approximate surface area is 98.1 Å². The number of benzene rings is 1. The Kier molecular flexibility index (Phi) is 3.58. The van der Waals surface area contributed by atoms with Crippen molar-refractivity contribution in [2.45, 2.75) is 29.5 Å². The molecule has 0 saturated carbocycles. The van der Waals surface area contributed by atoms with Crippen molar-refractivity contribution in [2.75, 3.05) is 0 Å². The van der Waals surface area contributed by atoms with Crippen LogP contribution in [0.1, 0.15) is 25.0 Å². The molecule has 2 rings (SSSR count). The molecule has 1 heterocycles. The van der Waals surface area contributed by atoms with E-state index in [0.717, 1.165) is 15.6 Å². The molecule has 0 bridgehead atoms. The molecule has 0 aliphatic carbocycles. The molecule has 0 amide bonds. The van der Waals surface area contributed by atoms with E-state index in [4.69, 9.17) is 0 Å². The zero-order valence-electron chi connectivity index (χ0n) is 8.92. The number of H-pyrrole nitrogens is 1. The second-order valence-electron chi connectivity index (χ2n) is 3.35. The molecule has 1 unspecified atom stereocenters. The van der Waals surface area contributed by atoms with Gasteiger partial charge in [-0.15, -0.1) is 0 Å². The van der Waals surface area contributed by atoms with Crippen molar-refractivity contribution in [2.24, 2.45) is 0 Å². The van der Waals surface area contributed by atoms with Crippen molar-refractivity contribution in [3.63, 3.8) is 0 Å². The highest BCUT2D eigenvalue weighted by atomic mass is 32.2. The summed E-state index contributed by atoms with van der Waals surface area (Å²) in [6, 6.07) is 7.79. The van der Waals surface area contributed by atoms with E-state index in [-0.39, 0.29) is 0 Å². The molecule has 0 spiro atoms. The first-order valence-corrected chi connectivity index (χ1v) is 5.93. The second kappa shape index (κ2) is 5.14. The summed E-state index contributed by atoms with van der Waals surface area (Å²) in [7, 11) is 0. The Morgan fingerprint density at radius 1 is 1.44 bits per heavy atom. The van der Waals surface area contributed by atoms with Crippen LogP contribution in [0.25, 0.3) is 0 Å². The van der Waals surface area contributed by atoms with Gasteiger partial charge < -0.3 is 5.11 Å². The number of aliphatic hydroxyl groups is 1.